The second-order valence-corrected chi connectivity index (χ2v) is 8.50. The van der Waals surface area contributed by atoms with Crippen molar-refractivity contribution in [1.82, 2.24) is 24.8 Å². The van der Waals surface area contributed by atoms with Gasteiger partial charge in [0.25, 0.3) is 5.91 Å². The zero-order valence-electron chi connectivity index (χ0n) is 20.3. The molecule has 2 aromatic heterocycles. The Morgan fingerprint density at radius 2 is 1.97 bits per heavy atom. The van der Waals surface area contributed by atoms with E-state index in [0.717, 1.165) is 41.0 Å². The summed E-state index contributed by atoms with van der Waals surface area (Å²) in [7, 11) is 3.28. The van der Waals surface area contributed by atoms with E-state index < -0.39 is 0 Å². The Bertz CT molecular complexity index is 1230. The predicted molar refractivity (Wildman–Crippen MR) is 134 cm³/mol. The standard InChI is InChI=1S/C26H30N6O3/c1-4-20-24(18-8-10-22(27)28-15-18)25(30-16-29-20)17-7-9-19(21(14-17)35-3)26(34)31(2)12-13-32-11-5-6-23(32)33/h7-10,14-16H,4-6,11-13H2,1-3H3,(H2,27,28). The molecular weight excluding hydrogens is 444 g/mol. The van der Waals surface area contributed by atoms with Crippen LogP contribution in [-0.4, -0.2) is 70.4 Å². The molecule has 2 amide bonds. The molecule has 0 saturated carbocycles. The molecule has 9 heteroatoms. The number of aryl methyl sites for hydroxylation is 1. The van der Waals surface area contributed by atoms with E-state index in [-0.39, 0.29) is 11.8 Å². The molecule has 0 spiro atoms. The maximum Gasteiger partial charge on any atom is 0.257 e. The number of aromatic nitrogens is 3. The number of hydrogen-bond donors (Lipinski definition) is 1. The molecule has 3 aromatic rings. The zero-order chi connectivity index (χ0) is 24.9. The van der Waals surface area contributed by atoms with Gasteiger partial charge in [0.2, 0.25) is 5.91 Å². The lowest BCUT2D eigenvalue weighted by atomic mass is 9.96. The number of anilines is 1. The monoisotopic (exact) mass is 474 g/mol. The third-order valence-electron chi connectivity index (χ3n) is 6.26. The molecule has 1 aromatic carbocycles. The van der Waals surface area contributed by atoms with E-state index in [9.17, 15) is 9.59 Å². The van der Waals surface area contributed by atoms with Gasteiger partial charge < -0.3 is 20.3 Å². The molecule has 0 radical (unpaired) electrons. The summed E-state index contributed by atoms with van der Waals surface area (Å²) in [5, 5.41) is 0. The minimum Gasteiger partial charge on any atom is -0.496 e. The summed E-state index contributed by atoms with van der Waals surface area (Å²) >= 11 is 0. The second kappa shape index (κ2) is 10.5. The quantitative estimate of drug-likeness (QED) is 0.534. The number of hydrogen-bond acceptors (Lipinski definition) is 7. The number of carbonyl (C=O) groups is 2. The Morgan fingerprint density at radius 3 is 2.63 bits per heavy atom. The Labute approximate surface area is 205 Å². The van der Waals surface area contributed by atoms with Crippen LogP contribution in [0.1, 0.15) is 35.8 Å². The van der Waals surface area contributed by atoms with Gasteiger partial charge in [-0.2, -0.15) is 0 Å². The molecule has 0 aliphatic carbocycles. The van der Waals surface area contributed by atoms with Crippen LogP contribution < -0.4 is 10.5 Å². The van der Waals surface area contributed by atoms with Crippen LogP contribution in [0.4, 0.5) is 5.82 Å². The number of pyridine rings is 1. The van der Waals surface area contributed by atoms with Crippen LogP contribution >= 0.6 is 0 Å². The van der Waals surface area contributed by atoms with Gasteiger partial charge in [-0.05, 0) is 37.1 Å². The maximum absolute atomic E-state index is 13.2. The summed E-state index contributed by atoms with van der Waals surface area (Å²) in [5.74, 6) is 0.874. The maximum atomic E-state index is 13.2. The fourth-order valence-electron chi connectivity index (χ4n) is 4.30. The number of likely N-dealkylation sites (N-methyl/N-ethyl adjacent to an activating group) is 1. The molecule has 4 rings (SSSR count). The smallest absolute Gasteiger partial charge is 0.257 e. The summed E-state index contributed by atoms with van der Waals surface area (Å²) in [6.07, 6.45) is 5.44. The topological polar surface area (TPSA) is 115 Å². The van der Waals surface area contributed by atoms with Gasteiger partial charge in [-0.15, -0.1) is 0 Å². The Morgan fingerprint density at radius 1 is 1.17 bits per heavy atom. The first-order valence-electron chi connectivity index (χ1n) is 11.7. The Kier molecular flexibility index (Phi) is 7.24. The van der Waals surface area contributed by atoms with E-state index in [0.29, 0.717) is 43.1 Å². The molecule has 1 saturated heterocycles. The second-order valence-electron chi connectivity index (χ2n) is 8.50. The van der Waals surface area contributed by atoms with Crippen molar-refractivity contribution in [3.05, 3.63) is 54.1 Å². The molecule has 9 nitrogen and oxygen atoms in total. The van der Waals surface area contributed by atoms with Crippen molar-refractivity contribution in [3.63, 3.8) is 0 Å². The number of ether oxygens (including phenoxy) is 1. The van der Waals surface area contributed by atoms with E-state index in [1.165, 1.54) is 0 Å². The zero-order valence-corrected chi connectivity index (χ0v) is 20.3. The average Bonchev–Trinajstić information content (AvgIpc) is 3.30. The van der Waals surface area contributed by atoms with E-state index in [1.807, 2.05) is 25.1 Å². The first-order chi connectivity index (χ1) is 16.9. The number of carbonyl (C=O) groups excluding carboxylic acids is 2. The lowest BCUT2D eigenvalue weighted by molar-refractivity contribution is -0.127. The lowest BCUT2D eigenvalue weighted by Crippen LogP contribution is -2.37. The van der Waals surface area contributed by atoms with Crippen LogP contribution in [0.15, 0.2) is 42.9 Å². The van der Waals surface area contributed by atoms with Crippen molar-refractivity contribution in [3.8, 4) is 28.1 Å². The molecule has 2 N–H and O–H groups in total. The minimum atomic E-state index is -0.167. The Balaban J connectivity index is 1.64. The molecule has 0 unspecified atom stereocenters. The molecule has 182 valence electrons. The largest absolute Gasteiger partial charge is 0.496 e. The van der Waals surface area contributed by atoms with Gasteiger partial charge in [-0.25, -0.2) is 15.0 Å². The van der Waals surface area contributed by atoms with Crippen molar-refractivity contribution in [2.24, 2.45) is 0 Å². The van der Waals surface area contributed by atoms with E-state index in [2.05, 4.69) is 15.0 Å². The van der Waals surface area contributed by atoms with Gasteiger partial charge in [-0.1, -0.05) is 13.0 Å². The summed E-state index contributed by atoms with van der Waals surface area (Å²) in [5.41, 5.74) is 10.4. The molecule has 0 bridgehead atoms. The summed E-state index contributed by atoms with van der Waals surface area (Å²) < 4.78 is 5.61. The highest BCUT2D eigenvalue weighted by molar-refractivity contribution is 5.98. The number of rotatable bonds is 8. The third-order valence-corrected chi connectivity index (χ3v) is 6.26. The van der Waals surface area contributed by atoms with Crippen molar-refractivity contribution in [2.45, 2.75) is 26.2 Å². The molecule has 0 atom stereocenters. The van der Waals surface area contributed by atoms with Crippen molar-refractivity contribution in [1.29, 1.82) is 0 Å². The highest BCUT2D eigenvalue weighted by atomic mass is 16.5. The molecule has 3 heterocycles. The van der Waals surface area contributed by atoms with E-state index in [4.69, 9.17) is 10.5 Å². The number of nitrogen functional groups attached to an aromatic ring is 1. The van der Waals surface area contributed by atoms with Crippen LogP contribution in [0.5, 0.6) is 5.75 Å². The van der Waals surface area contributed by atoms with Crippen molar-refractivity contribution in [2.75, 3.05) is 39.5 Å². The van der Waals surface area contributed by atoms with Gasteiger partial charge in [0.05, 0.1) is 24.1 Å². The van der Waals surface area contributed by atoms with Gasteiger partial charge in [0.1, 0.15) is 17.9 Å². The van der Waals surface area contributed by atoms with Crippen LogP contribution in [0.2, 0.25) is 0 Å². The summed E-state index contributed by atoms with van der Waals surface area (Å²) in [6.45, 7) is 3.77. The van der Waals surface area contributed by atoms with Crippen molar-refractivity contribution >= 4 is 17.6 Å². The number of nitrogens with zero attached hydrogens (tertiary/aromatic N) is 5. The molecule has 35 heavy (non-hydrogen) atoms. The first-order valence-corrected chi connectivity index (χ1v) is 11.7. The van der Waals surface area contributed by atoms with Gasteiger partial charge in [0, 0.05) is 56.0 Å². The minimum absolute atomic E-state index is 0.149. The third kappa shape index (κ3) is 5.08. The van der Waals surface area contributed by atoms with Gasteiger partial charge in [-0.3, -0.25) is 9.59 Å². The highest BCUT2D eigenvalue weighted by Gasteiger charge is 2.23. The van der Waals surface area contributed by atoms with Crippen LogP contribution in [0.25, 0.3) is 22.4 Å². The highest BCUT2D eigenvalue weighted by Crippen LogP contribution is 2.35. The Hall–Kier alpha value is -4.01. The SMILES string of the molecule is CCc1ncnc(-c2ccc(C(=O)N(C)CCN3CCCC3=O)c(OC)c2)c1-c1ccc(N)nc1. The number of methoxy groups -OCH3 is 1. The van der Waals surface area contributed by atoms with Crippen LogP contribution in [0.3, 0.4) is 0 Å². The average molecular weight is 475 g/mol. The van der Waals surface area contributed by atoms with E-state index in [1.54, 1.807) is 48.6 Å². The number of nitrogens with two attached hydrogens (primary N) is 1. The van der Waals surface area contributed by atoms with E-state index >= 15 is 0 Å². The molecule has 1 aliphatic heterocycles. The fourth-order valence-corrected chi connectivity index (χ4v) is 4.30. The van der Waals surface area contributed by atoms with Crippen molar-refractivity contribution < 1.29 is 14.3 Å². The van der Waals surface area contributed by atoms with Crippen LogP contribution in [0, 0.1) is 0 Å². The van der Waals surface area contributed by atoms with Gasteiger partial charge in [0.15, 0.2) is 0 Å². The van der Waals surface area contributed by atoms with Crippen LogP contribution in [-0.2, 0) is 11.2 Å². The molecular formula is C26H30N6O3. The first kappa shape index (κ1) is 24.1. The predicted octanol–water partition coefficient (Wildman–Crippen LogP) is 3.05. The number of amides is 2. The summed E-state index contributed by atoms with van der Waals surface area (Å²) in [6, 6.07) is 9.09. The lowest BCUT2D eigenvalue weighted by Gasteiger charge is -2.23. The molecule has 1 fully saturated rings. The van der Waals surface area contributed by atoms with Gasteiger partial charge >= 0.3 is 0 Å². The fraction of sp³-hybridized carbons (Fsp3) is 0.346. The number of benzene rings is 1. The summed E-state index contributed by atoms with van der Waals surface area (Å²) in [4.78, 5) is 41.7. The molecule has 1 aliphatic rings. The normalized spacial score (nSPS) is 13.2. The number of likely N-dealkylation sites (tertiary alicyclic amines) is 1.